The number of hydrogen-bond acceptors (Lipinski definition) is 4. The van der Waals surface area contributed by atoms with Gasteiger partial charge in [0.15, 0.2) is 5.60 Å². The van der Waals surface area contributed by atoms with Crippen LogP contribution in [0.25, 0.3) is 0 Å². The second kappa shape index (κ2) is 10.9. The molecule has 1 N–H and O–H groups in total. The zero-order valence-corrected chi connectivity index (χ0v) is 25.9. The molecule has 42 heavy (non-hydrogen) atoms. The number of nitrogens with zero attached hydrogens (tertiary/aromatic N) is 2. The summed E-state index contributed by atoms with van der Waals surface area (Å²) in [6.07, 6.45) is -0.323. The highest BCUT2D eigenvalue weighted by Gasteiger charge is 2.67. The maximum atomic E-state index is 16.2. The van der Waals surface area contributed by atoms with E-state index in [1.807, 2.05) is 67.6 Å². The molecule has 3 heterocycles. The first-order valence-electron chi connectivity index (χ1n) is 14.5. The van der Waals surface area contributed by atoms with Gasteiger partial charge in [-0.15, -0.1) is 0 Å². The number of benzene rings is 3. The van der Waals surface area contributed by atoms with Gasteiger partial charge in [0, 0.05) is 28.6 Å². The van der Waals surface area contributed by atoms with Crippen LogP contribution in [0.4, 0.5) is 9.80 Å². The number of fused-ring (bicyclic) bond motifs is 3. The van der Waals surface area contributed by atoms with Gasteiger partial charge in [-0.3, -0.25) is 9.59 Å². The van der Waals surface area contributed by atoms with Crippen LogP contribution in [-0.4, -0.2) is 49.0 Å². The molecule has 3 aliphatic rings. The largest absolute Gasteiger partial charge is 0.394 e. The molecule has 6 rings (SSSR count). The van der Waals surface area contributed by atoms with Crippen LogP contribution in [0.5, 0.6) is 0 Å². The van der Waals surface area contributed by atoms with Crippen molar-refractivity contribution in [1.29, 1.82) is 0 Å². The third-order valence-electron chi connectivity index (χ3n) is 9.37. The molecule has 0 aliphatic carbocycles. The van der Waals surface area contributed by atoms with Crippen LogP contribution in [-0.2, 0) is 39.4 Å². The summed E-state index contributed by atoms with van der Waals surface area (Å²) in [5, 5.41) is 10.6. The van der Waals surface area contributed by atoms with Crippen molar-refractivity contribution < 1.29 is 23.5 Å². The molecule has 1 saturated heterocycles. The molecule has 3 aliphatic heterocycles. The second-order valence-electron chi connectivity index (χ2n) is 12.3. The van der Waals surface area contributed by atoms with Gasteiger partial charge in [0.25, 0.3) is 5.91 Å². The Bertz CT molecular complexity index is 1520. The zero-order valence-electron chi connectivity index (χ0n) is 24.1. The molecule has 0 aromatic heterocycles. The fourth-order valence-electron chi connectivity index (χ4n) is 7.47. The van der Waals surface area contributed by atoms with Gasteiger partial charge in [-0.25, -0.2) is 0 Å². The molecule has 6 nitrogen and oxygen atoms in total. The predicted octanol–water partition coefficient (Wildman–Crippen LogP) is 6.00. The Hall–Kier alpha value is -3.04. The summed E-state index contributed by atoms with van der Waals surface area (Å²) in [5.41, 5.74) is 2.36. The van der Waals surface area contributed by atoms with Crippen LogP contribution in [0.2, 0.25) is 23.7 Å². The highest BCUT2D eigenvalue weighted by Crippen LogP contribution is 2.60. The fraction of sp³-hybridized carbons (Fsp3) is 0.394. The topological polar surface area (TPSA) is 70.1 Å². The Kier molecular flexibility index (Phi) is 7.54. The maximum absolute atomic E-state index is 16.2. The van der Waals surface area contributed by atoms with E-state index in [2.05, 4.69) is 0 Å². The molecular weight excluding hydrogens is 571 g/mol. The lowest BCUT2D eigenvalue weighted by Gasteiger charge is -2.37. The summed E-state index contributed by atoms with van der Waals surface area (Å²) >= 11 is 6.47. The van der Waals surface area contributed by atoms with Crippen molar-refractivity contribution in [2.24, 2.45) is 5.92 Å². The van der Waals surface area contributed by atoms with Crippen LogP contribution in [0.15, 0.2) is 72.8 Å². The molecule has 0 saturated carbocycles. The van der Waals surface area contributed by atoms with E-state index in [-0.39, 0.29) is 30.9 Å². The van der Waals surface area contributed by atoms with Crippen molar-refractivity contribution >= 4 is 37.5 Å². The normalized spacial score (nSPS) is 27.0. The summed E-state index contributed by atoms with van der Waals surface area (Å²) in [4.78, 5) is 31.8. The SMILES string of the molecule is C[C@H]1[C@H]([Si](C)(C)F)[C@@H](CC(=O)N2Cc3ccccc3C[C@H]2CO)O[C@]12C(=O)N(Cc1ccccc1)c1ccc(Cl)cc12. The Labute approximate surface area is 252 Å². The van der Waals surface area contributed by atoms with Crippen LogP contribution < -0.4 is 4.90 Å². The first-order valence-corrected chi connectivity index (χ1v) is 17.9. The van der Waals surface area contributed by atoms with E-state index in [4.69, 9.17) is 16.3 Å². The Morgan fingerprint density at radius 3 is 2.48 bits per heavy atom. The minimum atomic E-state index is -3.45. The number of halogens is 2. The molecule has 3 aromatic rings. The van der Waals surface area contributed by atoms with Gasteiger partial charge in [-0.2, -0.15) is 0 Å². The van der Waals surface area contributed by atoms with E-state index >= 15 is 4.11 Å². The number of amides is 2. The Morgan fingerprint density at radius 1 is 1.10 bits per heavy atom. The van der Waals surface area contributed by atoms with Gasteiger partial charge in [0.05, 0.1) is 37.4 Å². The number of ether oxygens (including phenoxy) is 1. The first-order chi connectivity index (χ1) is 20.0. The van der Waals surface area contributed by atoms with Crippen molar-refractivity contribution in [2.75, 3.05) is 11.5 Å². The molecule has 3 aromatic carbocycles. The minimum absolute atomic E-state index is 0.0718. The van der Waals surface area contributed by atoms with Gasteiger partial charge in [-0.1, -0.05) is 73.1 Å². The second-order valence-corrected chi connectivity index (χ2v) is 16.6. The van der Waals surface area contributed by atoms with Crippen LogP contribution in [0.3, 0.4) is 0 Å². The molecule has 0 unspecified atom stereocenters. The highest BCUT2D eigenvalue weighted by atomic mass is 35.5. The van der Waals surface area contributed by atoms with E-state index in [9.17, 15) is 14.7 Å². The lowest BCUT2D eigenvalue weighted by atomic mass is 9.82. The van der Waals surface area contributed by atoms with Crippen molar-refractivity contribution in [3.05, 3.63) is 100 Å². The van der Waals surface area contributed by atoms with Gasteiger partial charge in [0.1, 0.15) is 0 Å². The summed E-state index contributed by atoms with van der Waals surface area (Å²) < 4.78 is 23.0. The number of anilines is 1. The average molecular weight is 607 g/mol. The van der Waals surface area contributed by atoms with E-state index < -0.39 is 31.6 Å². The van der Waals surface area contributed by atoms with Gasteiger partial charge < -0.3 is 23.8 Å². The third kappa shape index (κ3) is 4.78. The molecule has 9 heteroatoms. The van der Waals surface area contributed by atoms with Crippen molar-refractivity contribution in [2.45, 2.75) is 69.2 Å². The predicted molar refractivity (Wildman–Crippen MR) is 163 cm³/mol. The number of aliphatic hydroxyl groups excluding tert-OH is 1. The molecule has 2 amide bonds. The number of aliphatic hydroxyl groups is 1. The zero-order chi connectivity index (χ0) is 29.8. The highest BCUT2D eigenvalue weighted by molar-refractivity contribution is 6.72. The van der Waals surface area contributed by atoms with Crippen molar-refractivity contribution in [1.82, 2.24) is 4.90 Å². The summed E-state index contributed by atoms with van der Waals surface area (Å²) in [6, 6.07) is 22.6. The monoisotopic (exact) mass is 606 g/mol. The number of rotatable bonds is 6. The van der Waals surface area contributed by atoms with Crippen LogP contribution >= 0.6 is 11.6 Å². The smallest absolute Gasteiger partial charge is 0.264 e. The Balaban J connectivity index is 1.36. The van der Waals surface area contributed by atoms with Crippen molar-refractivity contribution in [3.63, 3.8) is 0 Å². The van der Waals surface area contributed by atoms with Gasteiger partial charge in [0.2, 0.25) is 14.3 Å². The molecule has 5 atom stereocenters. The fourth-order valence-corrected chi connectivity index (χ4v) is 10.1. The summed E-state index contributed by atoms with van der Waals surface area (Å²) in [5.74, 6) is -0.989. The molecule has 1 fully saturated rings. The van der Waals surface area contributed by atoms with E-state index in [0.29, 0.717) is 35.8 Å². The Morgan fingerprint density at radius 2 is 1.79 bits per heavy atom. The van der Waals surface area contributed by atoms with Crippen LogP contribution in [0.1, 0.15) is 35.6 Å². The average Bonchev–Trinajstić information content (AvgIpc) is 3.39. The standard InChI is InChI=1S/C33H36ClFN2O4Si/c1-21-31(42(2,3)35)29(17-30(39)36-19-24-12-8-7-11-23(24)15-26(36)20-38)41-33(21)27-16-25(34)13-14-28(27)37(32(33)40)18-22-9-5-4-6-10-22/h4-14,16,21,26,29,31,38H,15,17-20H2,1-3H3/t21-,26-,29+,31-,33+/m0/s1. The van der Waals surface area contributed by atoms with Gasteiger partial charge in [-0.05, 0) is 54.4 Å². The van der Waals surface area contributed by atoms with Crippen LogP contribution in [0, 0.1) is 5.92 Å². The molecule has 0 bridgehead atoms. The number of hydrogen-bond donors (Lipinski definition) is 1. The van der Waals surface area contributed by atoms with E-state index in [1.54, 1.807) is 35.0 Å². The minimum Gasteiger partial charge on any atom is -0.394 e. The summed E-state index contributed by atoms with van der Waals surface area (Å²) in [6.45, 7) is 5.67. The quantitative estimate of drug-likeness (QED) is 0.276. The van der Waals surface area contributed by atoms with Gasteiger partial charge >= 0.3 is 0 Å². The third-order valence-corrected chi connectivity index (χ3v) is 12.1. The molecular formula is C33H36ClFN2O4Si. The van der Waals surface area contributed by atoms with E-state index in [1.165, 1.54) is 0 Å². The number of carbonyl (C=O) groups is 2. The lowest BCUT2D eigenvalue weighted by molar-refractivity contribution is -0.151. The summed E-state index contributed by atoms with van der Waals surface area (Å²) in [7, 11) is -3.45. The van der Waals surface area contributed by atoms with Crippen molar-refractivity contribution in [3.8, 4) is 0 Å². The number of carbonyl (C=O) groups excluding carboxylic acids is 2. The maximum Gasteiger partial charge on any atom is 0.264 e. The molecule has 0 radical (unpaired) electrons. The van der Waals surface area contributed by atoms with E-state index in [0.717, 1.165) is 16.7 Å². The molecule has 220 valence electrons. The lowest BCUT2D eigenvalue weighted by Crippen LogP contribution is -2.48. The molecule has 1 spiro atoms. The first kappa shape index (κ1) is 29.0.